The monoisotopic (exact) mass is 495 g/mol. The molecule has 4 aromatic rings. The summed E-state index contributed by atoms with van der Waals surface area (Å²) in [5.74, 6) is 2.46. The summed E-state index contributed by atoms with van der Waals surface area (Å²) in [6.45, 7) is 0. The number of benzene rings is 2. The molecule has 0 aliphatic carbocycles. The van der Waals surface area contributed by atoms with E-state index in [1.165, 1.54) is 0 Å². The second-order valence-electron chi connectivity index (χ2n) is 5.59. The first kappa shape index (κ1) is 21.3. The van der Waals surface area contributed by atoms with Crippen LogP contribution in [0.2, 0.25) is 0 Å². The molecule has 4 rings (SSSR count). The van der Waals surface area contributed by atoms with Gasteiger partial charge in [-0.15, -0.1) is 0 Å². The molecule has 2 aromatic heterocycles. The summed E-state index contributed by atoms with van der Waals surface area (Å²) in [6, 6.07) is 28.1. The fraction of sp³-hybridized carbons (Fsp3) is 0. The van der Waals surface area contributed by atoms with Crippen LogP contribution in [0.4, 0.5) is 0 Å². The summed E-state index contributed by atoms with van der Waals surface area (Å²) >= 11 is 0. The van der Waals surface area contributed by atoms with E-state index in [-0.39, 0.29) is 0 Å². The molecule has 2 nitrogen and oxygen atoms in total. The average molecular weight is 497 g/mol. The van der Waals surface area contributed by atoms with Crippen LogP contribution in [0, 0.1) is 0 Å². The molecule has 2 aromatic carbocycles. The van der Waals surface area contributed by atoms with Crippen molar-refractivity contribution in [3.63, 3.8) is 0 Å². The van der Waals surface area contributed by atoms with Gasteiger partial charge in [-0.25, -0.2) is 4.42 Å². The molecule has 0 aliphatic heterocycles. The smallest absolute Gasteiger partial charge is 0.361 e. The Labute approximate surface area is 182 Å². The first-order chi connectivity index (χ1) is 13.4. The fourth-order valence-electron chi connectivity index (χ4n) is 2.58. The van der Waals surface area contributed by atoms with Crippen molar-refractivity contribution in [3.05, 3.63) is 91.2 Å². The number of halogens is 4. The van der Waals surface area contributed by atoms with E-state index in [9.17, 15) is 0 Å². The zero-order valence-electron chi connectivity index (χ0n) is 14.3. The van der Waals surface area contributed by atoms with E-state index in [2.05, 4.69) is 0 Å². The second-order valence-corrected chi connectivity index (χ2v) is 16.5. The number of furan rings is 1. The number of rotatable bonds is 3. The summed E-state index contributed by atoms with van der Waals surface area (Å²) < 4.78 is 11.7. The van der Waals surface area contributed by atoms with Crippen LogP contribution >= 0.6 is 40.4 Å². The molecule has 7 heteroatoms. The van der Waals surface area contributed by atoms with Crippen molar-refractivity contribution in [2.75, 3.05) is 0 Å². The minimum atomic E-state index is -2.61. The molecule has 0 aliphatic rings. The summed E-state index contributed by atoms with van der Waals surface area (Å²) in [6.07, 6.45) is 1.68. The Morgan fingerprint density at radius 2 is 1.07 bits per heavy atom. The van der Waals surface area contributed by atoms with Gasteiger partial charge in [0.1, 0.15) is 5.76 Å². The Bertz CT molecular complexity index is 938. The molecule has 2 heterocycles. The maximum atomic E-state index is 6.15. The molecule has 0 bridgehead atoms. The Balaban J connectivity index is 0.000000403. The van der Waals surface area contributed by atoms with Crippen molar-refractivity contribution in [2.24, 2.45) is 0 Å². The Kier molecular flexibility index (Phi) is 7.48. The predicted molar refractivity (Wildman–Crippen MR) is 115 cm³/mol. The molecule has 0 saturated heterocycles. The van der Waals surface area contributed by atoms with Gasteiger partial charge < -0.3 is 4.42 Å². The average Bonchev–Trinajstić information content (AvgIpc) is 3.23. The predicted octanol–water partition coefficient (Wildman–Crippen LogP) is 8.91. The van der Waals surface area contributed by atoms with Gasteiger partial charge in [0.25, 0.3) is 0 Å². The number of hydrogen-bond donors (Lipinski definition) is 0. The first-order valence-corrected chi connectivity index (χ1v) is 14.1. The van der Waals surface area contributed by atoms with Crippen molar-refractivity contribution in [3.8, 4) is 34.0 Å². The van der Waals surface area contributed by atoms with Gasteiger partial charge in [0.2, 0.25) is 0 Å². The van der Waals surface area contributed by atoms with Crippen LogP contribution in [-0.2, 0) is 9.20 Å². The van der Waals surface area contributed by atoms with Gasteiger partial charge in [-0.05, 0) is 36.4 Å². The van der Waals surface area contributed by atoms with E-state index in [1.807, 2.05) is 84.9 Å². The molecule has 0 saturated carbocycles. The molecular formula is C21H15Cl4FeO2. The zero-order valence-corrected chi connectivity index (χ0v) is 18.5. The quantitative estimate of drug-likeness (QED) is 0.209. The van der Waals surface area contributed by atoms with Crippen LogP contribution in [0.3, 0.4) is 0 Å². The van der Waals surface area contributed by atoms with Crippen molar-refractivity contribution >= 4 is 40.4 Å². The third-order valence-electron chi connectivity index (χ3n) is 3.72. The molecule has 0 atom stereocenters. The molecule has 28 heavy (non-hydrogen) atoms. The zero-order chi connectivity index (χ0) is 20.0. The second kappa shape index (κ2) is 9.84. The molecule has 0 radical (unpaired) electrons. The third kappa shape index (κ3) is 6.56. The fourth-order valence-corrected chi connectivity index (χ4v) is 2.58. The van der Waals surface area contributed by atoms with Gasteiger partial charge in [0.15, 0.2) is 0 Å². The van der Waals surface area contributed by atoms with E-state index in [1.54, 1.807) is 6.26 Å². The van der Waals surface area contributed by atoms with E-state index >= 15 is 0 Å². The van der Waals surface area contributed by atoms with Gasteiger partial charge in [0.05, 0.1) is 29.5 Å². The van der Waals surface area contributed by atoms with E-state index < -0.39 is 9.20 Å². The molecule has 0 N–H and O–H groups in total. The topological polar surface area (TPSA) is 24.4 Å². The summed E-state index contributed by atoms with van der Waals surface area (Å²) in [5.41, 5.74) is 3.08. The van der Waals surface area contributed by atoms with E-state index in [4.69, 9.17) is 49.2 Å². The Morgan fingerprint density at radius 1 is 0.607 bits per heavy atom. The molecule has 0 unspecified atom stereocenters. The van der Waals surface area contributed by atoms with Crippen molar-refractivity contribution < 1.29 is 18.0 Å². The molecular weight excluding hydrogens is 482 g/mol. The van der Waals surface area contributed by atoms with E-state index in [0.29, 0.717) is 0 Å². The van der Waals surface area contributed by atoms with Gasteiger partial charge >= 0.3 is 61.1 Å². The maximum absolute atomic E-state index is 6.15. The normalized spacial score (nSPS) is 11.4. The summed E-state index contributed by atoms with van der Waals surface area (Å²) in [5, 5.41) is 0. The van der Waals surface area contributed by atoms with Gasteiger partial charge in [-0.1, -0.05) is 36.4 Å². The molecule has 147 valence electrons. The molecule has 0 fully saturated rings. The van der Waals surface area contributed by atoms with Crippen LogP contribution in [0.15, 0.2) is 100 Å². The largest absolute Gasteiger partial charge is 0.464 e. The Hall–Kier alpha value is -1.45. The van der Waals surface area contributed by atoms with Crippen LogP contribution < -0.4 is 0 Å². The Morgan fingerprint density at radius 3 is 1.46 bits per heavy atom. The number of hydrogen-bond acceptors (Lipinski definition) is 1. The van der Waals surface area contributed by atoms with Crippen LogP contribution in [0.1, 0.15) is 0 Å². The van der Waals surface area contributed by atoms with Crippen molar-refractivity contribution in [1.82, 2.24) is 0 Å². The molecule has 0 spiro atoms. The van der Waals surface area contributed by atoms with Crippen LogP contribution in [0.5, 0.6) is 0 Å². The van der Waals surface area contributed by atoms with Crippen molar-refractivity contribution in [2.45, 2.75) is 0 Å². The van der Waals surface area contributed by atoms with Crippen LogP contribution in [-0.4, -0.2) is 0 Å². The third-order valence-corrected chi connectivity index (χ3v) is 3.72. The standard InChI is InChI=1S/C21H15O2.4ClH.Fe/c1-3-8-16(9-4-1)20-14-18(19-12-7-13-22-19)15-21(23-20)17-10-5-2-6-11-17;;;;;/h1-15H;4*1H;/q+1;;;;;+3/p-4. The minimum absolute atomic E-state index is 0.818. The SMILES string of the molecule is [Cl][Fe-]([Cl])([Cl])[Cl].c1ccc(-c2cc(-c3ccco3)cc(-c3ccccc3)[o+]2)cc1. The maximum Gasteiger partial charge on any atom is 0.361 e. The molecule has 0 amide bonds. The van der Waals surface area contributed by atoms with Gasteiger partial charge in [-0.3, -0.25) is 0 Å². The minimum Gasteiger partial charge on any atom is -0.464 e. The van der Waals surface area contributed by atoms with E-state index in [0.717, 1.165) is 34.0 Å². The van der Waals surface area contributed by atoms with Crippen LogP contribution in [0.25, 0.3) is 34.0 Å². The van der Waals surface area contributed by atoms with Crippen molar-refractivity contribution in [1.29, 1.82) is 0 Å². The first-order valence-electron chi connectivity index (χ1n) is 8.06. The summed E-state index contributed by atoms with van der Waals surface area (Å²) in [4.78, 5) is 0. The summed E-state index contributed by atoms with van der Waals surface area (Å²) in [7, 11) is 17.2. The van der Waals surface area contributed by atoms with Gasteiger partial charge in [-0.2, -0.15) is 0 Å². The van der Waals surface area contributed by atoms with Gasteiger partial charge in [0, 0.05) is 5.56 Å².